The molecule has 0 saturated heterocycles. The second kappa shape index (κ2) is 6.31. The number of carbonyl (C=O) groups is 1. The number of rotatable bonds is 3. The molecule has 0 heterocycles. The van der Waals surface area contributed by atoms with E-state index in [4.69, 9.17) is 23.2 Å². The maximum atomic E-state index is 13.4. The fourth-order valence-electron chi connectivity index (χ4n) is 2.88. The molecule has 0 radical (unpaired) electrons. The molecule has 0 aliphatic heterocycles. The van der Waals surface area contributed by atoms with E-state index in [2.05, 4.69) is 12.2 Å². The van der Waals surface area contributed by atoms with Crippen molar-refractivity contribution in [2.45, 2.75) is 38.1 Å². The SMILES string of the molecule is CC1CCCC(CCl)(NC(=O)c2ccc(Cl)c(F)c2)C1. The molecule has 2 unspecified atom stereocenters. The molecule has 0 bridgehead atoms. The number of carbonyl (C=O) groups excluding carboxylic acids is 1. The summed E-state index contributed by atoms with van der Waals surface area (Å²) in [6, 6.07) is 4.07. The maximum Gasteiger partial charge on any atom is 0.251 e. The number of nitrogens with one attached hydrogen (secondary N) is 1. The summed E-state index contributed by atoms with van der Waals surface area (Å²) in [6.45, 7) is 2.16. The fourth-order valence-corrected chi connectivity index (χ4v) is 3.31. The molecule has 1 fully saturated rings. The largest absolute Gasteiger partial charge is 0.345 e. The molecule has 0 spiro atoms. The Balaban J connectivity index is 2.14. The van der Waals surface area contributed by atoms with Crippen LogP contribution in [-0.4, -0.2) is 17.3 Å². The molecule has 1 amide bonds. The van der Waals surface area contributed by atoms with Crippen LogP contribution in [0.5, 0.6) is 0 Å². The van der Waals surface area contributed by atoms with E-state index in [1.54, 1.807) is 0 Å². The van der Waals surface area contributed by atoms with Gasteiger partial charge in [-0.2, -0.15) is 0 Å². The van der Waals surface area contributed by atoms with Crippen LogP contribution < -0.4 is 5.32 Å². The molecule has 2 rings (SSSR count). The van der Waals surface area contributed by atoms with Crippen molar-refractivity contribution in [3.63, 3.8) is 0 Å². The minimum Gasteiger partial charge on any atom is -0.345 e. The zero-order chi connectivity index (χ0) is 14.8. The summed E-state index contributed by atoms with van der Waals surface area (Å²) in [4.78, 5) is 12.3. The van der Waals surface area contributed by atoms with Gasteiger partial charge in [-0.1, -0.05) is 31.4 Å². The quantitative estimate of drug-likeness (QED) is 0.823. The lowest BCUT2D eigenvalue weighted by Crippen LogP contribution is -2.52. The normalized spacial score (nSPS) is 26.3. The van der Waals surface area contributed by atoms with Gasteiger partial charge in [0.25, 0.3) is 5.91 Å². The van der Waals surface area contributed by atoms with E-state index in [1.165, 1.54) is 12.1 Å². The number of hydrogen-bond acceptors (Lipinski definition) is 1. The second-order valence-electron chi connectivity index (χ2n) is 5.70. The van der Waals surface area contributed by atoms with Crippen molar-refractivity contribution in [1.82, 2.24) is 5.32 Å². The van der Waals surface area contributed by atoms with Crippen LogP contribution in [-0.2, 0) is 0 Å². The topological polar surface area (TPSA) is 29.1 Å². The number of amides is 1. The van der Waals surface area contributed by atoms with Crippen molar-refractivity contribution in [2.75, 3.05) is 5.88 Å². The Bertz CT molecular complexity index is 509. The molecule has 110 valence electrons. The predicted molar refractivity (Wildman–Crippen MR) is 80.0 cm³/mol. The molecule has 2 nitrogen and oxygen atoms in total. The van der Waals surface area contributed by atoms with Crippen molar-refractivity contribution < 1.29 is 9.18 Å². The summed E-state index contributed by atoms with van der Waals surface area (Å²) in [5.74, 6) is 0.0235. The molecule has 20 heavy (non-hydrogen) atoms. The first-order valence-electron chi connectivity index (χ1n) is 6.79. The van der Waals surface area contributed by atoms with Gasteiger partial charge in [0.05, 0.1) is 10.6 Å². The Morgan fingerprint density at radius 2 is 2.30 bits per heavy atom. The van der Waals surface area contributed by atoms with Gasteiger partial charge in [0.1, 0.15) is 5.82 Å². The molecule has 0 aromatic heterocycles. The van der Waals surface area contributed by atoms with Crippen LogP contribution in [0, 0.1) is 11.7 Å². The highest BCUT2D eigenvalue weighted by Crippen LogP contribution is 2.33. The molecule has 5 heteroatoms. The van der Waals surface area contributed by atoms with Crippen molar-refractivity contribution in [2.24, 2.45) is 5.92 Å². The van der Waals surface area contributed by atoms with Gasteiger partial charge < -0.3 is 5.32 Å². The number of halogens is 3. The molecule has 1 N–H and O–H groups in total. The van der Waals surface area contributed by atoms with Gasteiger partial charge in [-0.05, 0) is 37.0 Å². The molecular weight excluding hydrogens is 300 g/mol. The van der Waals surface area contributed by atoms with Gasteiger partial charge in [0.2, 0.25) is 0 Å². The van der Waals surface area contributed by atoms with Gasteiger partial charge in [0, 0.05) is 11.4 Å². The summed E-state index contributed by atoms with van der Waals surface area (Å²) in [5.41, 5.74) is -0.110. The van der Waals surface area contributed by atoms with Crippen LogP contribution in [0.15, 0.2) is 18.2 Å². The highest BCUT2D eigenvalue weighted by Gasteiger charge is 2.35. The average molecular weight is 318 g/mol. The zero-order valence-electron chi connectivity index (χ0n) is 11.4. The lowest BCUT2D eigenvalue weighted by molar-refractivity contribution is 0.0867. The standard InChI is InChI=1S/C15H18Cl2FNO/c1-10-3-2-6-15(8-10,9-16)19-14(20)11-4-5-12(17)13(18)7-11/h4-5,7,10H,2-3,6,8-9H2,1H3,(H,19,20). The van der Waals surface area contributed by atoms with Crippen LogP contribution in [0.4, 0.5) is 4.39 Å². The van der Waals surface area contributed by atoms with E-state index in [0.29, 0.717) is 11.8 Å². The first-order valence-corrected chi connectivity index (χ1v) is 7.70. The Kier molecular flexibility index (Phi) is 4.92. The summed E-state index contributed by atoms with van der Waals surface area (Å²) < 4.78 is 13.4. The van der Waals surface area contributed by atoms with Gasteiger partial charge in [-0.25, -0.2) is 4.39 Å². The molecular formula is C15H18Cl2FNO. The average Bonchev–Trinajstić information content (AvgIpc) is 2.41. The molecule has 1 aromatic rings. The van der Waals surface area contributed by atoms with Crippen molar-refractivity contribution in [1.29, 1.82) is 0 Å². The third-order valence-corrected chi connectivity index (χ3v) is 4.73. The smallest absolute Gasteiger partial charge is 0.251 e. The van der Waals surface area contributed by atoms with Crippen LogP contribution >= 0.6 is 23.2 Å². The summed E-state index contributed by atoms with van der Waals surface area (Å²) in [6.07, 6.45) is 3.92. The molecule has 1 saturated carbocycles. The Morgan fingerprint density at radius 1 is 1.55 bits per heavy atom. The van der Waals surface area contributed by atoms with E-state index in [9.17, 15) is 9.18 Å². The molecule has 2 atom stereocenters. The Morgan fingerprint density at radius 3 is 2.90 bits per heavy atom. The van der Waals surface area contributed by atoms with Gasteiger partial charge in [-0.15, -0.1) is 11.6 Å². The third kappa shape index (κ3) is 3.44. The number of hydrogen-bond donors (Lipinski definition) is 1. The third-order valence-electron chi connectivity index (χ3n) is 3.91. The van der Waals surface area contributed by atoms with Crippen LogP contribution in [0.25, 0.3) is 0 Å². The van der Waals surface area contributed by atoms with E-state index in [0.717, 1.165) is 31.7 Å². The van der Waals surface area contributed by atoms with Gasteiger partial charge in [0.15, 0.2) is 0 Å². The first-order chi connectivity index (χ1) is 9.46. The lowest BCUT2D eigenvalue weighted by atomic mass is 9.77. The summed E-state index contributed by atoms with van der Waals surface area (Å²) >= 11 is 11.7. The van der Waals surface area contributed by atoms with E-state index < -0.39 is 5.82 Å². The fraction of sp³-hybridized carbons (Fsp3) is 0.533. The van der Waals surface area contributed by atoms with Crippen LogP contribution in [0.2, 0.25) is 5.02 Å². The highest BCUT2D eigenvalue weighted by atomic mass is 35.5. The van der Waals surface area contributed by atoms with Crippen LogP contribution in [0.3, 0.4) is 0 Å². The first kappa shape index (κ1) is 15.6. The summed E-state index contributed by atoms with van der Waals surface area (Å²) in [5, 5.41) is 3.01. The van der Waals surface area contributed by atoms with Crippen molar-refractivity contribution >= 4 is 29.1 Å². The highest BCUT2D eigenvalue weighted by molar-refractivity contribution is 6.30. The Hall–Kier alpha value is -0.800. The van der Waals surface area contributed by atoms with Gasteiger partial charge >= 0.3 is 0 Å². The zero-order valence-corrected chi connectivity index (χ0v) is 12.9. The van der Waals surface area contributed by atoms with Gasteiger partial charge in [-0.3, -0.25) is 4.79 Å². The second-order valence-corrected chi connectivity index (χ2v) is 6.37. The molecule has 1 aromatic carbocycles. The maximum absolute atomic E-state index is 13.4. The Labute approximate surface area is 128 Å². The van der Waals surface area contributed by atoms with Crippen LogP contribution in [0.1, 0.15) is 43.0 Å². The van der Waals surface area contributed by atoms with E-state index in [-0.39, 0.29) is 22.0 Å². The van der Waals surface area contributed by atoms with E-state index >= 15 is 0 Å². The van der Waals surface area contributed by atoms with Crippen molar-refractivity contribution in [3.8, 4) is 0 Å². The monoisotopic (exact) mass is 317 g/mol. The predicted octanol–water partition coefficient (Wildman–Crippen LogP) is 4.40. The van der Waals surface area contributed by atoms with Crippen molar-refractivity contribution in [3.05, 3.63) is 34.6 Å². The number of alkyl halides is 1. The molecule has 1 aliphatic rings. The summed E-state index contributed by atoms with van der Waals surface area (Å²) in [7, 11) is 0. The molecule has 1 aliphatic carbocycles. The lowest BCUT2D eigenvalue weighted by Gasteiger charge is -2.39. The van der Waals surface area contributed by atoms with E-state index in [1.807, 2.05) is 0 Å². The minimum absolute atomic E-state index is 0.0138. The number of benzene rings is 1. The minimum atomic E-state index is -0.587.